The van der Waals surface area contributed by atoms with Gasteiger partial charge in [0, 0.05) is 19.5 Å². The summed E-state index contributed by atoms with van der Waals surface area (Å²) in [5.74, 6) is 0.200. The van der Waals surface area contributed by atoms with E-state index >= 15 is 0 Å². The minimum Gasteiger partial charge on any atom is -0.378 e. The summed E-state index contributed by atoms with van der Waals surface area (Å²) in [6, 6.07) is 0. The van der Waals surface area contributed by atoms with Crippen LogP contribution in [0.15, 0.2) is 0 Å². The van der Waals surface area contributed by atoms with Gasteiger partial charge in [-0.1, -0.05) is 6.42 Å². The standard InChI is InChI=1S/C14H28N2O4/c1-13(16-7-4-2-3-5-14(16)17)20-12-11-19-10-9-18-8-6-15/h13H,2-12,15H2,1H3. The van der Waals surface area contributed by atoms with Gasteiger partial charge in [0.1, 0.15) is 6.23 Å². The quantitative estimate of drug-likeness (QED) is 0.600. The average Bonchev–Trinajstić information content (AvgIpc) is 2.66. The lowest BCUT2D eigenvalue weighted by molar-refractivity contribution is -0.145. The van der Waals surface area contributed by atoms with Crippen molar-refractivity contribution in [2.45, 2.75) is 38.8 Å². The van der Waals surface area contributed by atoms with E-state index in [1.54, 1.807) is 0 Å². The summed E-state index contributed by atoms with van der Waals surface area (Å²) in [5.41, 5.74) is 5.30. The van der Waals surface area contributed by atoms with Crippen LogP contribution in [0.5, 0.6) is 0 Å². The molecule has 1 heterocycles. The largest absolute Gasteiger partial charge is 0.378 e. The lowest BCUT2D eigenvalue weighted by Crippen LogP contribution is -2.40. The highest BCUT2D eigenvalue weighted by molar-refractivity contribution is 5.76. The van der Waals surface area contributed by atoms with Crippen LogP contribution in [0, 0.1) is 0 Å². The first kappa shape index (κ1) is 17.4. The Morgan fingerprint density at radius 2 is 1.80 bits per heavy atom. The van der Waals surface area contributed by atoms with Crippen LogP contribution in [-0.2, 0) is 19.0 Å². The summed E-state index contributed by atoms with van der Waals surface area (Å²) < 4.78 is 16.2. The van der Waals surface area contributed by atoms with Crippen molar-refractivity contribution >= 4 is 5.91 Å². The second-order valence-corrected chi connectivity index (χ2v) is 4.88. The van der Waals surface area contributed by atoms with E-state index in [1.807, 2.05) is 11.8 Å². The molecule has 1 aliphatic rings. The third-order valence-electron chi connectivity index (χ3n) is 3.27. The van der Waals surface area contributed by atoms with Gasteiger partial charge in [-0.25, -0.2) is 0 Å². The summed E-state index contributed by atoms with van der Waals surface area (Å²) in [6.07, 6.45) is 3.66. The van der Waals surface area contributed by atoms with E-state index in [0.717, 1.165) is 25.8 Å². The van der Waals surface area contributed by atoms with E-state index in [9.17, 15) is 4.79 Å². The zero-order chi connectivity index (χ0) is 14.6. The predicted molar refractivity (Wildman–Crippen MR) is 76.3 cm³/mol. The van der Waals surface area contributed by atoms with Gasteiger partial charge in [0.2, 0.25) is 5.91 Å². The number of ether oxygens (including phenoxy) is 3. The monoisotopic (exact) mass is 288 g/mol. The highest BCUT2D eigenvalue weighted by atomic mass is 16.6. The zero-order valence-electron chi connectivity index (χ0n) is 12.5. The number of carbonyl (C=O) groups is 1. The maximum atomic E-state index is 11.9. The lowest BCUT2D eigenvalue weighted by Gasteiger charge is -2.27. The highest BCUT2D eigenvalue weighted by Gasteiger charge is 2.21. The lowest BCUT2D eigenvalue weighted by atomic mass is 10.2. The molecule has 0 spiro atoms. The number of rotatable bonds is 10. The topological polar surface area (TPSA) is 74.0 Å². The van der Waals surface area contributed by atoms with Crippen molar-refractivity contribution in [3.63, 3.8) is 0 Å². The Labute approximate surface area is 121 Å². The zero-order valence-corrected chi connectivity index (χ0v) is 12.5. The van der Waals surface area contributed by atoms with Gasteiger partial charge in [-0.3, -0.25) is 4.79 Å². The van der Waals surface area contributed by atoms with Crippen LogP contribution in [0.1, 0.15) is 32.6 Å². The molecule has 1 unspecified atom stereocenters. The first-order valence-electron chi connectivity index (χ1n) is 7.52. The summed E-state index contributed by atoms with van der Waals surface area (Å²) in [4.78, 5) is 13.7. The first-order chi connectivity index (χ1) is 9.75. The Kier molecular flexibility index (Phi) is 9.57. The minimum absolute atomic E-state index is 0.169. The second-order valence-electron chi connectivity index (χ2n) is 4.88. The van der Waals surface area contributed by atoms with Gasteiger partial charge in [0.05, 0.1) is 33.0 Å². The normalized spacial score (nSPS) is 18.1. The van der Waals surface area contributed by atoms with Gasteiger partial charge in [0.15, 0.2) is 0 Å². The number of carbonyl (C=O) groups excluding carboxylic acids is 1. The minimum atomic E-state index is -0.169. The smallest absolute Gasteiger partial charge is 0.224 e. The molecule has 0 saturated carbocycles. The molecule has 0 aromatic carbocycles. The van der Waals surface area contributed by atoms with E-state index in [-0.39, 0.29) is 12.1 Å². The van der Waals surface area contributed by atoms with Crippen LogP contribution in [0.4, 0.5) is 0 Å². The Bertz CT molecular complexity index is 264. The molecule has 1 rings (SSSR count). The molecule has 6 heteroatoms. The summed E-state index contributed by atoms with van der Waals surface area (Å²) >= 11 is 0. The number of likely N-dealkylation sites (tertiary alicyclic amines) is 1. The number of hydrogen-bond acceptors (Lipinski definition) is 5. The van der Waals surface area contributed by atoms with E-state index in [4.69, 9.17) is 19.9 Å². The van der Waals surface area contributed by atoms with Crippen molar-refractivity contribution in [3.8, 4) is 0 Å². The molecule has 20 heavy (non-hydrogen) atoms. The van der Waals surface area contributed by atoms with Crippen molar-refractivity contribution in [3.05, 3.63) is 0 Å². The second kappa shape index (κ2) is 11.0. The Morgan fingerprint density at radius 3 is 2.55 bits per heavy atom. The Balaban J connectivity index is 2.04. The molecule has 0 radical (unpaired) electrons. The molecule has 6 nitrogen and oxygen atoms in total. The molecular weight excluding hydrogens is 260 g/mol. The number of amides is 1. The maximum Gasteiger partial charge on any atom is 0.224 e. The molecule has 0 bridgehead atoms. The average molecular weight is 288 g/mol. The van der Waals surface area contributed by atoms with Crippen molar-refractivity contribution in [1.29, 1.82) is 0 Å². The third kappa shape index (κ3) is 7.19. The number of nitrogens with two attached hydrogens (primary N) is 1. The fourth-order valence-electron chi connectivity index (χ4n) is 2.16. The Morgan fingerprint density at radius 1 is 1.10 bits per heavy atom. The van der Waals surface area contributed by atoms with Gasteiger partial charge in [-0.2, -0.15) is 0 Å². The van der Waals surface area contributed by atoms with Crippen LogP contribution in [-0.4, -0.2) is 63.2 Å². The van der Waals surface area contributed by atoms with Crippen molar-refractivity contribution in [2.24, 2.45) is 5.73 Å². The predicted octanol–water partition coefficient (Wildman–Crippen LogP) is 0.744. The van der Waals surface area contributed by atoms with E-state index in [0.29, 0.717) is 46.0 Å². The van der Waals surface area contributed by atoms with Gasteiger partial charge in [-0.15, -0.1) is 0 Å². The molecule has 1 fully saturated rings. The molecule has 2 N–H and O–H groups in total. The first-order valence-corrected chi connectivity index (χ1v) is 7.52. The van der Waals surface area contributed by atoms with Crippen LogP contribution in [0.3, 0.4) is 0 Å². The molecule has 1 aliphatic heterocycles. The summed E-state index contributed by atoms with van der Waals surface area (Å²) in [7, 11) is 0. The number of nitrogens with zero attached hydrogens (tertiary/aromatic N) is 1. The molecule has 0 aliphatic carbocycles. The molecule has 1 amide bonds. The molecule has 0 aromatic rings. The molecule has 118 valence electrons. The van der Waals surface area contributed by atoms with Crippen molar-refractivity contribution in [1.82, 2.24) is 4.90 Å². The van der Waals surface area contributed by atoms with Gasteiger partial charge in [-0.05, 0) is 19.8 Å². The van der Waals surface area contributed by atoms with Crippen LogP contribution in [0.25, 0.3) is 0 Å². The molecule has 1 saturated heterocycles. The summed E-state index contributed by atoms with van der Waals surface area (Å²) in [5, 5.41) is 0. The maximum absolute atomic E-state index is 11.9. The SMILES string of the molecule is CC(OCCOCCOCCN)N1CCCCCC1=O. The fourth-order valence-corrected chi connectivity index (χ4v) is 2.16. The van der Waals surface area contributed by atoms with Crippen LogP contribution in [0.2, 0.25) is 0 Å². The van der Waals surface area contributed by atoms with Gasteiger partial charge < -0.3 is 24.8 Å². The van der Waals surface area contributed by atoms with Gasteiger partial charge in [0.25, 0.3) is 0 Å². The van der Waals surface area contributed by atoms with E-state index < -0.39 is 0 Å². The van der Waals surface area contributed by atoms with Crippen molar-refractivity contribution < 1.29 is 19.0 Å². The molecular formula is C14H28N2O4. The van der Waals surface area contributed by atoms with E-state index in [1.165, 1.54) is 0 Å². The van der Waals surface area contributed by atoms with Crippen molar-refractivity contribution in [2.75, 3.05) is 46.1 Å². The van der Waals surface area contributed by atoms with Crippen LogP contribution < -0.4 is 5.73 Å². The number of hydrogen-bond donors (Lipinski definition) is 1. The van der Waals surface area contributed by atoms with E-state index in [2.05, 4.69) is 0 Å². The Hall–Kier alpha value is -0.690. The fraction of sp³-hybridized carbons (Fsp3) is 0.929. The summed E-state index contributed by atoms with van der Waals surface area (Å²) in [6.45, 7) is 5.91. The van der Waals surface area contributed by atoms with Gasteiger partial charge >= 0.3 is 0 Å². The van der Waals surface area contributed by atoms with Crippen LogP contribution >= 0.6 is 0 Å². The molecule has 0 aromatic heterocycles. The third-order valence-corrected chi connectivity index (χ3v) is 3.27. The molecule has 1 atom stereocenters. The highest BCUT2D eigenvalue weighted by Crippen LogP contribution is 2.14.